The Balaban J connectivity index is 1.17. The van der Waals surface area contributed by atoms with Crippen LogP contribution >= 0.6 is 0 Å². The third kappa shape index (κ3) is 9.40. The van der Waals surface area contributed by atoms with Crippen molar-refractivity contribution in [3.05, 3.63) is 66.0 Å². The van der Waals surface area contributed by atoms with Gasteiger partial charge in [-0.25, -0.2) is 14.6 Å². The van der Waals surface area contributed by atoms with Crippen LogP contribution in [0.25, 0.3) is 22.3 Å². The van der Waals surface area contributed by atoms with Gasteiger partial charge in [-0.3, -0.25) is 9.59 Å². The van der Waals surface area contributed by atoms with Gasteiger partial charge in [-0.05, 0) is 49.9 Å². The zero-order chi connectivity index (χ0) is 36.5. The Morgan fingerprint density at radius 2 is 1.57 bits per heavy atom. The summed E-state index contributed by atoms with van der Waals surface area (Å²) in [6, 6.07) is 16.1. The van der Waals surface area contributed by atoms with Crippen LogP contribution < -0.4 is 21.7 Å². The molecule has 1 aliphatic rings. The van der Waals surface area contributed by atoms with Crippen molar-refractivity contribution in [2.45, 2.75) is 45.8 Å². The van der Waals surface area contributed by atoms with Gasteiger partial charge in [0.1, 0.15) is 30.8 Å². The number of benzene rings is 2. The summed E-state index contributed by atoms with van der Waals surface area (Å²) < 4.78 is 17.4. The fraction of sp³-hybridized carbons (Fsp3) is 0.400. The lowest BCUT2D eigenvalue weighted by Gasteiger charge is -2.22. The van der Waals surface area contributed by atoms with E-state index >= 15 is 0 Å². The largest absolute Gasteiger partial charge is 0.465 e. The van der Waals surface area contributed by atoms with Crippen LogP contribution in [0.5, 0.6) is 0 Å². The minimum Gasteiger partial charge on any atom is -0.465 e. The van der Waals surface area contributed by atoms with E-state index in [2.05, 4.69) is 43.0 Å². The molecule has 0 aliphatic heterocycles. The second-order valence-electron chi connectivity index (χ2n) is 12.7. The van der Waals surface area contributed by atoms with E-state index in [1.165, 1.54) is 15.8 Å². The highest BCUT2D eigenvalue weighted by molar-refractivity contribution is 5.86. The zero-order valence-corrected chi connectivity index (χ0v) is 29.1. The topological polar surface area (TPSA) is 205 Å². The maximum Gasteiger partial charge on any atom is 0.407 e. The number of ether oxygens (including phenoxy) is 3. The summed E-state index contributed by atoms with van der Waals surface area (Å²) in [6.07, 6.45) is 0.200. The average molecular weight is 702 g/mol. The number of imidazole rings is 1. The lowest BCUT2D eigenvalue weighted by atomic mass is 9.98. The van der Waals surface area contributed by atoms with E-state index < -0.39 is 29.7 Å². The Kier molecular flexibility index (Phi) is 11.5. The number of amides is 3. The number of esters is 1. The Labute approximate surface area is 295 Å². The van der Waals surface area contributed by atoms with Gasteiger partial charge in [-0.2, -0.15) is 9.97 Å². The first-order chi connectivity index (χ1) is 24.4. The average Bonchev–Trinajstić information content (AvgIpc) is 3.63. The van der Waals surface area contributed by atoms with E-state index in [9.17, 15) is 19.2 Å². The molecule has 0 saturated carbocycles. The van der Waals surface area contributed by atoms with Crippen LogP contribution in [0.3, 0.4) is 0 Å². The Morgan fingerprint density at radius 3 is 2.24 bits per heavy atom. The summed E-state index contributed by atoms with van der Waals surface area (Å²) in [5.74, 6) is -0.900. The molecule has 51 heavy (non-hydrogen) atoms. The molecule has 0 atom stereocenters. The number of nitrogen functional groups attached to an aromatic ring is 1. The number of fused-ring (bicyclic) bond motifs is 4. The number of nitrogens with one attached hydrogen (secondary N) is 3. The first-order valence-corrected chi connectivity index (χ1v) is 16.6. The Hall–Kier alpha value is -5.93. The van der Waals surface area contributed by atoms with Gasteiger partial charge < -0.3 is 45.4 Å². The molecule has 2 aromatic carbocycles. The number of rotatable bonds is 14. The molecule has 0 unspecified atom stereocenters. The fourth-order valence-electron chi connectivity index (χ4n) is 5.66. The molecule has 2 heterocycles. The normalized spacial score (nSPS) is 12.1. The van der Waals surface area contributed by atoms with E-state index in [0.717, 1.165) is 22.3 Å². The van der Waals surface area contributed by atoms with Crippen LogP contribution in [0.2, 0.25) is 0 Å². The number of carbonyl (C=O) groups excluding carboxylic acids is 4. The summed E-state index contributed by atoms with van der Waals surface area (Å²) in [5, 5.41) is 8.30. The summed E-state index contributed by atoms with van der Waals surface area (Å²) in [4.78, 5) is 64.8. The summed E-state index contributed by atoms with van der Waals surface area (Å²) in [7, 11) is 0. The van der Waals surface area contributed by atoms with Crippen molar-refractivity contribution < 1.29 is 33.4 Å². The lowest BCUT2D eigenvalue weighted by Crippen LogP contribution is -2.43. The third-order valence-corrected chi connectivity index (χ3v) is 7.85. The molecule has 0 spiro atoms. The van der Waals surface area contributed by atoms with E-state index in [0.29, 0.717) is 0 Å². The molecule has 16 heteroatoms. The van der Waals surface area contributed by atoms with Gasteiger partial charge in [0.05, 0.1) is 12.9 Å². The predicted octanol–water partition coefficient (Wildman–Crippen LogP) is 3.28. The SMILES string of the molecule is CCOC(=O)CN(CCNC(=O)OCC1c2ccccc2-c2ccccc21)C(=O)Cn1cnc2c(N)nc(NCCNC(=O)OC(C)(C)C)nc21. The highest BCUT2D eigenvalue weighted by Crippen LogP contribution is 2.44. The molecule has 0 bridgehead atoms. The van der Waals surface area contributed by atoms with Crippen molar-refractivity contribution in [3.63, 3.8) is 0 Å². The first kappa shape index (κ1) is 36.4. The Bertz CT molecular complexity index is 1840. The maximum absolute atomic E-state index is 13.5. The van der Waals surface area contributed by atoms with Crippen LogP contribution in [-0.4, -0.2) is 100 Å². The number of hydrogen-bond acceptors (Lipinski definition) is 12. The number of carbonyl (C=O) groups is 4. The molecule has 0 fully saturated rings. The highest BCUT2D eigenvalue weighted by atomic mass is 16.6. The van der Waals surface area contributed by atoms with E-state index in [-0.39, 0.29) is 81.3 Å². The summed E-state index contributed by atoms with van der Waals surface area (Å²) in [6.45, 7) is 7.20. The van der Waals surface area contributed by atoms with Crippen LogP contribution in [-0.2, 0) is 30.3 Å². The van der Waals surface area contributed by atoms with Crippen molar-refractivity contribution in [1.82, 2.24) is 35.1 Å². The molecule has 4 aromatic rings. The quantitative estimate of drug-likeness (QED) is 0.0850. The monoisotopic (exact) mass is 701 g/mol. The molecular weight excluding hydrogens is 658 g/mol. The van der Waals surface area contributed by atoms with E-state index in [4.69, 9.17) is 19.9 Å². The van der Waals surface area contributed by atoms with Crippen LogP contribution in [0.1, 0.15) is 44.7 Å². The number of hydrogen-bond donors (Lipinski definition) is 4. The van der Waals surface area contributed by atoms with Gasteiger partial charge in [0.15, 0.2) is 11.5 Å². The first-order valence-electron chi connectivity index (χ1n) is 16.6. The summed E-state index contributed by atoms with van der Waals surface area (Å²) in [5.41, 5.74) is 10.5. The van der Waals surface area contributed by atoms with Gasteiger partial charge in [0, 0.05) is 32.1 Å². The van der Waals surface area contributed by atoms with Gasteiger partial charge >= 0.3 is 18.2 Å². The molecular formula is C35H43N9O7. The number of aromatic nitrogens is 4. The minimum absolute atomic E-state index is 0.00303. The van der Waals surface area contributed by atoms with Crippen molar-refractivity contribution in [2.75, 3.05) is 57.0 Å². The van der Waals surface area contributed by atoms with Crippen molar-refractivity contribution in [2.24, 2.45) is 0 Å². The van der Waals surface area contributed by atoms with E-state index in [1.54, 1.807) is 27.7 Å². The van der Waals surface area contributed by atoms with E-state index in [1.807, 2.05) is 36.4 Å². The predicted molar refractivity (Wildman–Crippen MR) is 189 cm³/mol. The number of alkyl carbamates (subject to hydrolysis) is 2. The zero-order valence-electron chi connectivity index (χ0n) is 29.1. The number of nitrogens with zero attached hydrogens (tertiary/aromatic N) is 5. The Morgan fingerprint density at radius 1 is 0.902 bits per heavy atom. The minimum atomic E-state index is -0.644. The standard InChI is InChI=1S/C35H43N9O7/c1-5-49-28(46)19-43(17-16-39-33(47)50-20-26-24-12-8-6-10-22(24)23-11-7-9-13-25(23)26)27(45)18-44-21-40-29-30(36)41-32(42-31(29)44)37-14-15-38-34(48)51-35(2,3)4/h6-13,21,26H,5,14-20H2,1-4H3,(H,38,48)(H,39,47)(H3,36,37,41,42). The van der Waals surface area contributed by atoms with Crippen molar-refractivity contribution in [3.8, 4) is 11.1 Å². The summed E-state index contributed by atoms with van der Waals surface area (Å²) >= 11 is 0. The molecule has 1 aliphatic carbocycles. The second-order valence-corrected chi connectivity index (χ2v) is 12.7. The molecule has 0 saturated heterocycles. The highest BCUT2D eigenvalue weighted by Gasteiger charge is 2.29. The molecule has 3 amide bonds. The lowest BCUT2D eigenvalue weighted by molar-refractivity contribution is -0.149. The van der Waals surface area contributed by atoms with Gasteiger partial charge in [-0.1, -0.05) is 48.5 Å². The molecule has 5 N–H and O–H groups in total. The maximum atomic E-state index is 13.5. The third-order valence-electron chi connectivity index (χ3n) is 7.85. The number of anilines is 2. The van der Waals surface area contributed by atoms with Crippen LogP contribution in [0, 0.1) is 0 Å². The molecule has 5 rings (SSSR count). The molecule has 0 radical (unpaired) electrons. The van der Waals surface area contributed by atoms with Gasteiger partial charge in [-0.15, -0.1) is 0 Å². The fourth-order valence-corrected chi connectivity index (χ4v) is 5.66. The van der Waals surface area contributed by atoms with Gasteiger partial charge in [0.2, 0.25) is 11.9 Å². The van der Waals surface area contributed by atoms with Crippen LogP contribution in [0.4, 0.5) is 21.4 Å². The molecule has 2 aromatic heterocycles. The smallest absolute Gasteiger partial charge is 0.407 e. The van der Waals surface area contributed by atoms with Crippen molar-refractivity contribution >= 4 is 47.0 Å². The van der Waals surface area contributed by atoms with Crippen LogP contribution in [0.15, 0.2) is 54.9 Å². The number of nitrogens with two attached hydrogens (primary N) is 1. The van der Waals surface area contributed by atoms with Crippen molar-refractivity contribution in [1.29, 1.82) is 0 Å². The second kappa shape index (κ2) is 16.2. The molecule has 16 nitrogen and oxygen atoms in total. The molecule has 270 valence electrons. The van der Waals surface area contributed by atoms with Gasteiger partial charge in [0.25, 0.3) is 0 Å².